The van der Waals surface area contributed by atoms with Gasteiger partial charge in [0.15, 0.2) is 0 Å². The standard InChI is InChI=1S/C25H39N3O/c1-3-4-10-25(29)28(23-9-7-17-26(2)19-23)22-13-11-20(12-14-22)24-16-15-21-8-5-6-18-27(21)24/h11-14,21,23-24H,3-10,15-19H2,1-2H3/t21-,23?,24-/m1/s1. The van der Waals surface area contributed by atoms with Crippen molar-refractivity contribution in [3.05, 3.63) is 29.8 Å². The van der Waals surface area contributed by atoms with E-state index in [4.69, 9.17) is 0 Å². The minimum absolute atomic E-state index is 0.303. The van der Waals surface area contributed by atoms with E-state index in [-0.39, 0.29) is 0 Å². The van der Waals surface area contributed by atoms with Gasteiger partial charge < -0.3 is 9.80 Å². The number of piperidine rings is 2. The van der Waals surface area contributed by atoms with Gasteiger partial charge >= 0.3 is 0 Å². The predicted molar refractivity (Wildman–Crippen MR) is 120 cm³/mol. The number of carbonyl (C=O) groups is 1. The van der Waals surface area contributed by atoms with Crippen molar-refractivity contribution >= 4 is 11.6 Å². The van der Waals surface area contributed by atoms with Crippen molar-refractivity contribution in [3.8, 4) is 0 Å². The number of fused-ring (bicyclic) bond motifs is 1. The van der Waals surface area contributed by atoms with Crippen LogP contribution in [0, 0.1) is 0 Å². The van der Waals surface area contributed by atoms with E-state index in [1.807, 2.05) is 0 Å². The highest BCUT2D eigenvalue weighted by Gasteiger charge is 2.35. The number of benzene rings is 1. The third kappa shape index (κ3) is 4.69. The molecule has 3 saturated heterocycles. The topological polar surface area (TPSA) is 26.8 Å². The first kappa shape index (κ1) is 20.9. The molecule has 0 saturated carbocycles. The van der Waals surface area contributed by atoms with Gasteiger partial charge in [0.25, 0.3) is 0 Å². The van der Waals surface area contributed by atoms with Crippen molar-refractivity contribution in [1.82, 2.24) is 9.80 Å². The summed E-state index contributed by atoms with van der Waals surface area (Å²) in [7, 11) is 2.18. The molecule has 3 atom stereocenters. The Kier molecular flexibility index (Phi) is 6.92. The second-order valence-corrected chi connectivity index (χ2v) is 9.50. The molecule has 1 amide bonds. The number of anilines is 1. The number of amides is 1. The highest BCUT2D eigenvalue weighted by Crippen LogP contribution is 2.40. The van der Waals surface area contributed by atoms with Crippen LogP contribution in [0.5, 0.6) is 0 Å². The second-order valence-electron chi connectivity index (χ2n) is 9.50. The molecule has 0 aliphatic carbocycles. The van der Waals surface area contributed by atoms with Gasteiger partial charge in [0.05, 0.1) is 0 Å². The van der Waals surface area contributed by atoms with Crippen molar-refractivity contribution in [1.29, 1.82) is 0 Å². The summed E-state index contributed by atoms with van der Waals surface area (Å²) in [5, 5.41) is 0. The Hall–Kier alpha value is -1.39. The smallest absolute Gasteiger partial charge is 0.227 e. The molecule has 3 fully saturated rings. The van der Waals surface area contributed by atoms with Gasteiger partial charge in [-0.2, -0.15) is 0 Å². The van der Waals surface area contributed by atoms with Crippen molar-refractivity contribution in [2.45, 2.75) is 89.3 Å². The zero-order valence-corrected chi connectivity index (χ0v) is 18.5. The van der Waals surface area contributed by atoms with E-state index in [9.17, 15) is 4.79 Å². The molecule has 4 nitrogen and oxygen atoms in total. The van der Waals surface area contributed by atoms with Crippen LogP contribution in [0.2, 0.25) is 0 Å². The van der Waals surface area contributed by atoms with Gasteiger partial charge in [0.1, 0.15) is 0 Å². The SMILES string of the molecule is CCCCC(=O)N(c1ccc([C@H]2CC[C@H]3CCCCN32)cc1)C1CCCN(C)C1. The van der Waals surface area contributed by atoms with Crippen LogP contribution < -0.4 is 4.90 Å². The first-order chi connectivity index (χ1) is 14.2. The molecule has 0 bridgehead atoms. The zero-order chi connectivity index (χ0) is 20.2. The quantitative estimate of drug-likeness (QED) is 0.676. The lowest BCUT2D eigenvalue weighted by molar-refractivity contribution is -0.119. The van der Waals surface area contributed by atoms with Gasteiger partial charge in [-0.3, -0.25) is 9.69 Å². The largest absolute Gasteiger partial charge is 0.308 e. The predicted octanol–water partition coefficient (Wildman–Crippen LogP) is 4.99. The van der Waals surface area contributed by atoms with Crippen LogP contribution in [0.1, 0.15) is 82.7 Å². The maximum Gasteiger partial charge on any atom is 0.227 e. The summed E-state index contributed by atoms with van der Waals surface area (Å²) in [5.41, 5.74) is 2.54. The molecule has 3 aliphatic heterocycles. The van der Waals surface area contributed by atoms with Gasteiger partial charge in [0.2, 0.25) is 5.91 Å². The molecule has 3 aliphatic rings. The number of likely N-dealkylation sites (N-methyl/N-ethyl adjacent to an activating group) is 1. The molecular weight excluding hydrogens is 358 g/mol. The lowest BCUT2D eigenvalue weighted by Crippen LogP contribution is -2.49. The van der Waals surface area contributed by atoms with Crippen LogP contribution >= 0.6 is 0 Å². The molecule has 1 aromatic carbocycles. The van der Waals surface area contributed by atoms with Gasteiger partial charge in [-0.05, 0) is 82.8 Å². The van der Waals surface area contributed by atoms with E-state index in [0.717, 1.165) is 44.1 Å². The molecule has 3 heterocycles. The van der Waals surface area contributed by atoms with Crippen molar-refractivity contribution in [3.63, 3.8) is 0 Å². The van der Waals surface area contributed by atoms with Gasteiger partial charge in [-0.15, -0.1) is 0 Å². The Labute approximate surface area is 177 Å². The number of carbonyl (C=O) groups excluding carboxylic acids is 1. The molecule has 0 aromatic heterocycles. The zero-order valence-electron chi connectivity index (χ0n) is 18.5. The van der Waals surface area contributed by atoms with Crippen molar-refractivity contribution in [2.24, 2.45) is 0 Å². The molecule has 0 spiro atoms. The molecular formula is C25H39N3O. The number of rotatable bonds is 6. The number of hydrogen-bond donors (Lipinski definition) is 0. The first-order valence-corrected chi connectivity index (χ1v) is 12.0. The van der Waals surface area contributed by atoms with Crippen LogP contribution in [-0.4, -0.2) is 54.5 Å². The van der Waals surface area contributed by atoms with E-state index < -0.39 is 0 Å². The number of hydrogen-bond acceptors (Lipinski definition) is 3. The minimum Gasteiger partial charge on any atom is -0.308 e. The highest BCUT2D eigenvalue weighted by atomic mass is 16.2. The summed E-state index contributed by atoms with van der Waals surface area (Å²) in [6, 6.07) is 10.8. The fourth-order valence-electron chi connectivity index (χ4n) is 5.83. The molecule has 1 aromatic rings. The molecule has 4 heteroatoms. The number of nitrogens with zero attached hydrogens (tertiary/aromatic N) is 3. The highest BCUT2D eigenvalue weighted by molar-refractivity contribution is 5.94. The maximum absolute atomic E-state index is 13.1. The molecule has 1 unspecified atom stereocenters. The Balaban J connectivity index is 1.52. The average Bonchev–Trinajstić information content (AvgIpc) is 3.17. The van der Waals surface area contributed by atoms with Gasteiger partial charge in [-0.1, -0.05) is 31.9 Å². The van der Waals surface area contributed by atoms with E-state index >= 15 is 0 Å². The van der Waals surface area contributed by atoms with Gasteiger partial charge in [-0.25, -0.2) is 0 Å². The normalized spacial score (nSPS) is 28.3. The molecule has 0 N–H and O–H groups in total. The molecule has 29 heavy (non-hydrogen) atoms. The van der Waals surface area contributed by atoms with Crippen LogP contribution in [-0.2, 0) is 4.79 Å². The van der Waals surface area contributed by atoms with E-state index in [0.29, 0.717) is 24.4 Å². The lowest BCUT2D eigenvalue weighted by atomic mass is 10.0. The van der Waals surface area contributed by atoms with E-state index in [2.05, 4.69) is 52.9 Å². The molecule has 4 rings (SSSR count). The third-order valence-electron chi connectivity index (χ3n) is 7.38. The Morgan fingerprint density at radius 1 is 1.03 bits per heavy atom. The fourth-order valence-corrected chi connectivity index (χ4v) is 5.83. The monoisotopic (exact) mass is 397 g/mol. The Morgan fingerprint density at radius 2 is 1.86 bits per heavy atom. The van der Waals surface area contributed by atoms with E-state index in [1.54, 1.807) is 0 Å². The number of unbranched alkanes of at least 4 members (excludes halogenated alkanes) is 1. The van der Waals surface area contributed by atoms with Crippen molar-refractivity contribution < 1.29 is 4.79 Å². The summed E-state index contributed by atoms with van der Waals surface area (Å²) in [5.74, 6) is 0.303. The lowest BCUT2D eigenvalue weighted by Gasteiger charge is -2.38. The van der Waals surface area contributed by atoms with Crippen LogP contribution in [0.3, 0.4) is 0 Å². The van der Waals surface area contributed by atoms with Crippen LogP contribution in [0.4, 0.5) is 5.69 Å². The summed E-state index contributed by atoms with van der Waals surface area (Å²) in [6.07, 6.45) is 11.8. The first-order valence-electron chi connectivity index (χ1n) is 12.0. The van der Waals surface area contributed by atoms with Crippen LogP contribution in [0.25, 0.3) is 0 Å². The molecule has 0 radical (unpaired) electrons. The number of likely N-dealkylation sites (tertiary alicyclic amines) is 1. The second kappa shape index (κ2) is 9.61. The maximum atomic E-state index is 13.1. The Morgan fingerprint density at radius 3 is 2.62 bits per heavy atom. The molecule has 160 valence electrons. The summed E-state index contributed by atoms with van der Waals surface area (Å²) in [6.45, 7) is 5.55. The van der Waals surface area contributed by atoms with E-state index in [1.165, 1.54) is 50.6 Å². The van der Waals surface area contributed by atoms with Crippen molar-refractivity contribution in [2.75, 3.05) is 31.6 Å². The van der Waals surface area contributed by atoms with Crippen LogP contribution in [0.15, 0.2) is 24.3 Å². The summed E-state index contributed by atoms with van der Waals surface area (Å²) < 4.78 is 0. The van der Waals surface area contributed by atoms with Gasteiger partial charge in [0, 0.05) is 36.8 Å². The minimum atomic E-state index is 0.303. The average molecular weight is 398 g/mol. The fraction of sp³-hybridized carbons (Fsp3) is 0.720. The summed E-state index contributed by atoms with van der Waals surface area (Å²) >= 11 is 0. The third-order valence-corrected chi connectivity index (χ3v) is 7.38. The Bertz CT molecular complexity index is 673. The summed E-state index contributed by atoms with van der Waals surface area (Å²) in [4.78, 5) is 20.4.